The Bertz CT molecular complexity index is 823. The van der Waals surface area contributed by atoms with Gasteiger partial charge >= 0.3 is 5.97 Å². The van der Waals surface area contributed by atoms with Crippen molar-refractivity contribution in [2.45, 2.75) is 4.90 Å². The molecule has 0 heterocycles. The molecule has 8 heteroatoms. The standard InChI is InChI=1S/C14H11ClFNO4S/c1-21-14(18)9-3-2-4-11(7-9)17-22(19,20)13-6-5-10(16)8-12(13)15/h2-8,17H,1H3. The highest BCUT2D eigenvalue weighted by molar-refractivity contribution is 7.92. The van der Waals surface area contributed by atoms with Crippen LogP contribution in [0.2, 0.25) is 5.02 Å². The van der Waals surface area contributed by atoms with Crippen LogP contribution in [0.4, 0.5) is 10.1 Å². The quantitative estimate of drug-likeness (QED) is 0.866. The Hall–Kier alpha value is -2.12. The van der Waals surface area contributed by atoms with Crippen LogP contribution in [0, 0.1) is 5.82 Å². The van der Waals surface area contributed by atoms with Crippen LogP contribution in [-0.4, -0.2) is 21.5 Å². The summed E-state index contributed by atoms with van der Waals surface area (Å²) in [6.45, 7) is 0. The van der Waals surface area contributed by atoms with E-state index < -0.39 is 21.8 Å². The van der Waals surface area contributed by atoms with Crippen molar-refractivity contribution in [1.29, 1.82) is 0 Å². The molecule has 0 unspecified atom stereocenters. The molecule has 0 amide bonds. The van der Waals surface area contributed by atoms with E-state index in [1.807, 2.05) is 0 Å². The monoisotopic (exact) mass is 343 g/mol. The fourth-order valence-corrected chi connectivity index (χ4v) is 3.31. The van der Waals surface area contributed by atoms with Crippen molar-refractivity contribution in [1.82, 2.24) is 0 Å². The smallest absolute Gasteiger partial charge is 0.337 e. The van der Waals surface area contributed by atoms with Crippen molar-refractivity contribution >= 4 is 33.3 Å². The van der Waals surface area contributed by atoms with Crippen molar-refractivity contribution in [3.8, 4) is 0 Å². The Morgan fingerprint density at radius 3 is 2.59 bits per heavy atom. The van der Waals surface area contributed by atoms with Crippen LogP contribution < -0.4 is 4.72 Å². The largest absolute Gasteiger partial charge is 0.465 e. The van der Waals surface area contributed by atoms with E-state index in [0.29, 0.717) is 0 Å². The van der Waals surface area contributed by atoms with Crippen LogP contribution >= 0.6 is 11.6 Å². The molecule has 2 aromatic carbocycles. The van der Waals surface area contributed by atoms with E-state index in [9.17, 15) is 17.6 Å². The van der Waals surface area contributed by atoms with Crippen molar-refractivity contribution in [2.75, 3.05) is 11.8 Å². The third kappa shape index (κ3) is 3.55. The average molecular weight is 344 g/mol. The Balaban J connectivity index is 2.35. The van der Waals surface area contributed by atoms with Gasteiger partial charge < -0.3 is 4.74 Å². The molecule has 0 radical (unpaired) electrons. The average Bonchev–Trinajstić information content (AvgIpc) is 2.45. The van der Waals surface area contributed by atoms with E-state index in [0.717, 1.165) is 18.2 Å². The van der Waals surface area contributed by atoms with Crippen LogP contribution in [0.1, 0.15) is 10.4 Å². The number of rotatable bonds is 4. The van der Waals surface area contributed by atoms with E-state index in [4.69, 9.17) is 11.6 Å². The fraction of sp³-hybridized carbons (Fsp3) is 0.0714. The first-order valence-corrected chi connectivity index (χ1v) is 7.86. The van der Waals surface area contributed by atoms with Gasteiger partial charge in [0.25, 0.3) is 10.0 Å². The minimum atomic E-state index is -4.01. The van der Waals surface area contributed by atoms with Gasteiger partial charge in [0, 0.05) is 5.69 Å². The molecule has 116 valence electrons. The molecule has 0 aliphatic heterocycles. The number of carbonyl (C=O) groups excluding carboxylic acids is 1. The van der Waals surface area contributed by atoms with Gasteiger partial charge in [-0.2, -0.15) is 0 Å². The highest BCUT2D eigenvalue weighted by Gasteiger charge is 2.19. The van der Waals surface area contributed by atoms with Crippen molar-refractivity contribution < 1.29 is 22.3 Å². The molecule has 1 N–H and O–H groups in total. The summed E-state index contributed by atoms with van der Waals surface area (Å²) in [6, 6.07) is 8.71. The van der Waals surface area contributed by atoms with Crippen LogP contribution in [0.15, 0.2) is 47.4 Å². The predicted octanol–water partition coefficient (Wildman–Crippen LogP) is 3.07. The Labute approximate surface area is 131 Å². The molecule has 0 bridgehead atoms. The summed E-state index contributed by atoms with van der Waals surface area (Å²) in [5.74, 6) is -1.24. The topological polar surface area (TPSA) is 72.5 Å². The number of benzene rings is 2. The third-order valence-corrected chi connectivity index (χ3v) is 4.58. The molecule has 0 saturated carbocycles. The number of sulfonamides is 1. The zero-order valence-electron chi connectivity index (χ0n) is 11.3. The summed E-state index contributed by atoms with van der Waals surface area (Å²) in [4.78, 5) is 11.2. The predicted molar refractivity (Wildman–Crippen MR) is 80.0 cm³/mol. The van der Waals surface area contributed by atoms with E-state index in [-0.39, 0.29) is 21.2 Å². The summed E-state index contributed by atoms with van der Waals surface area (Å²) in [7, 11) is -2.79. The zero-order chi connectivity index (χ0) is 16.3. The van der Waals surface area contributed by atoms with Gasteiger partial charge in [0.05, 0.1) is 17.7 Å². The number of hydrogen-bond acceptors (Lipinski definition) is 4. The molecule has 2 aromatic rings. The molecule has 0 aliphatic rings. The molecule has 0 spiro atoms. The lowest BCUT2D eigenvalue weighted by Gasteiger charge is -2.10. The van der Waals surface area contributed by atoms with Crippen LogP contribution in [0.3, 0.4) is 0 Å². The summed E-state index contributed by atoms with van der Waals surface area (Å²) < 4.78 is 44.3. The van der Waals surface area contributed by atoms with Crippen molar-refractivity contribution in [3.05, 3.63) is 58.9 Å². The van der Waals surface area contributed by atoms with Gasteiger partial charge in [0.2, 0.25) is 0 Å². The molecule has 0 saturated heterocycles. The number of esters is 1. The summed E-state index contributed by atoms with van der Waals surface area (Å²) >= 11 is 5.75. The van der Waals surface area contributed by atoms with Crippen molar-refractivity contribution in [2.24, 2.45) is 0 Å². The molecule has 22 heavy (non-hydrogen) atoms. The van der Waals surface area contributed by atoms with Crippen LogP contribution in [-0.2, 0) is 14.8 Å². The highest BCUT2D eigenvalue weighted by Crippen LogP contribution is 2.25. The first-order chi connectivity index (χ1) is 10.3. The molecule has 0 fully saturated rings. The minimum Gasteiger partial charge on any atom is -0.465 e. The van der Waals surface area contributed by atoms with Crippen molar-refractivity contribution in [3.63, 3.8) is 0 Å². The number of ether oxygens (including phenoxy) is 1. The Kier molecular flexibility index (Phi) is 4.68. The second kappa shape index (κ2) is 6.33. The second-order valence-electron chi connectivity index (χ2n) is 4.25. The molecule has 0 atom stereocenters. The van der Waals surface area contributed by atoms with Gasteiger partial charge in [0.1, 0.15) is 10.7 Å². The summed E-state index contributed by atoms with van der Waals surface area (Å²) in [5, 5.41) is -0.239. The van der Waals surface area contributed by atoms with Gasteiger partial charge in [-0.15, -0.1) is 0 Å². The lowest BCUT2D eigenvalue weighted by atomic mass is 10.2. The maximum Gasteiger partial charge on any atom is 0.337 e. The van der Waals surface area contributed by atoms with E-state index in [1.54, 1.807) is 0 Å². The molecule has 0 aromatic heterocycles. The van der Waals surface area contributed by atoms with Crippen LogP contribution in [0.25, 0.3) is 0 Å². The number of halogens is 2. The molecular weight excluding hydrogens is 333 g/mol. The van der Waals surface area contributed by atoms with Gasteiger partial charge in [-0.25, -0.2) is 17.6 Å². The first kappa shape index (κ1) is 16.3. The maximum atomic E-state index is 13.0. The first-order valence-electron chi connectivity index (χ1n) is 6.00. The van der Waals surface area contributed by atoms with Crippen LogP contribution in [0.5, 0.6) is 0 Å². The van der Waals surface area contributed by atoms with E-state index >= 15 is 0 Å². The normalized spacial score (nSPS) is 11.0. The second-order valence-corrected chi connectivity index (χ2v) is 6.31. The summed E-state index contributed by atoms with van der Waals surface area (Å²) in [5.41, 5.74) is 0.344. The third-order valence-electron chi connectivity index (χ3n) is 2.72. The van der Waals surface area contributed by atoms with Gasteiger partial charge in [-0.1, -0.05) is 17.7 Å². The minimum absolute atomic E-state index is 0.156. The number of carbonyl (C=O) groups is 1. The number of anilines is 1. The van der Waals surface area contributed by atoms with Gasteiger partial charge in [0.15, 0.2) is 0 Å². The lowest BCUT2D eigenvalue weighted by molar-refractivity contribution is 0.0601. The Morgan fingerprint density at radius 2 is 1.95 bits per heavy atom. The summed E-state index contributed by atoms with van der Waals surface area (Å²) in [6.07, 6.45) is 0. The number of hydrogen-bond donors (Lipinski definition) is 1. The van der Waals surface area contributed by atoms with Gasteiger partial charge in [-0.3, -0.25) is 4.72 Å². The molecule has 0 aliphatic carbocycles. The van der Waals surface area contributed by atoms with E-state index in [1.165, 1.54) is 31.4 Å². The maximum absolute atomic E-state index is 13.0. The SMILES string of the molecule is COC(=O)c1cccc(NS(=O)(=O)c2ccc(F)cc2Cl)c1. The molecular formula is C14H11ClFNO4S. The number of nitrogens with one attached hydrogen (secondary N) is 1. The fourth-order valence-electron chi connectivity index (χ4n) is 1.73. The Morgan fingerprint density at radius 1 is 1.23 bits per heavy atom. The highest BCUT2D eigenvalue weighted by atomic mass is 35.5. The zero-order valence-corrected chi connectivity index (χ0v) is 12.9. The number of methoxy groups -OCH3 is 1. The lowest BCUT2D eigenvalue weighted by Crippen LogP contribution is -2.14. The van der Waals surface area contributed by atoms with Gasteiger partial charge in [-0.05, 0) is 36.4 Å². The van der Waals surface area contributed by atoms with E-state index in [2.05, 4.69) is 9.46 Å². The molecule has 2 rings (SSSR count). The molecule has 5 nitrogen and oxygen atoms in total.